The quantitative estimate of drug-likeness (QED) is 0.800. The first kappa shape index (κ1) is 19.0. The highest BCUT2D eigenvalue weighted by Gasteiger charge is 2.49. The maximum atomic E-state index is 11.1. The van der Waals surface area contributed by atoms with Gasteiger partial charge in [0, 0.05) is 12.3 Å². The molecule has 1 heterocycles. The largest absolute Gasteiger partial charge is 0.493 e. The summed E-state index contributed by atoms with van der Waals surface area (Å²) in [6.07, 6.45) is 1.55. The average molecular weight is 364 g/mol. The van der Waals surface area contributed by atoms with E-state index in [4.69, 9.17) is 18.9 Å². The highest BCUT2D eigenvalue weighted by molar-refractivity contribution is 5.54. The summed E-state index contributed by atoms with van der Waals surface area (Å²) in [6.45, 7) is 3.71. The molecule has 1 saturated heterocycles. The first-order valence-corrected chi connectivity index (χ1v) is 8.84. The van der Waals surface area contributed by atoms with Gasteiger partial charge in [-0.2, -0.15) is 0 Å². The van der Waals surface area contributed by atoms with Gasteiger partial charge in [-0.05, 0) is 43.5 Å². The number of benzene rings is 1. The predicted octanol–water partition coefficient (Wildman–Crippen LogP) is 2.62. The number of allylic oxidation sites excluding steroid dienone is 1. The molecule has 0 radical (unpaired) electrons. The molecule has 0 aromatic heterocycles. The molecule has 1 aliphatic heterocycles. The zero-order valence-corrected chi connectivity index (χ0v) is 16.0. The van der Waals surface area contributed by atoms with Crippen molar-refractivity contribution >= 4 is 0 Å². The number of fused-ring (bicyclic) bond motifs is 1. The van der Waals surface area contributed by atoms with E-state index in [0.717, 1.165) is 11.1 Å². The van der Waals surface area contributed by atoms with Gasteiger partial charge < -0.3 is 29.2 Å². The molecule has 0 bridgehead atoms. The van der Waals surface area contributed by atoms with Crippen molar-refractivity contribution in [1.29, 1.82) is 0 Å². The topological polar surface area (TPSA) is 77.4 Å². The first-order chi connectivity index (χ1) is 12.3. The lowest BCUT2D eigenvalue weighted by atomic mass is 9.70. The summed E-state index contributed by atoms with van der Waals surface area (Å²) in [4.78, 5) is 0. The van der Waals surface area contributed by atoms with Gasteiger partial charge in [0.2, 0.25) is 5.75 Å². The van der Waals surface area contributed by atoms with Crippen molar-refractivity contribution in [1.82, 2.24) is 0 Å². The molecular formula is C20H28O6. The van der Waals surface area contributed by atoms with Gasteiger partial charge in [-0.25, -0.2) is 0 Å². The Labute approximate surface area is 154 Å². The lowest BCUT2D eigenvalue weighted by molar-refractivity contribution is -0.206. The summed E-state index contributed by atoms with van der Waals surface area (Å²) in [7, 11) is 4.68. The van der Waals surface area contributed by atoms with Crippen molar-refractivity contribution in [3.8, 4) is 17.2 Å². The van der Waals surface area contributed by atoms with Crippen LogP contribution in [0.1, 0.15) is 38.4 Å². The monoisotopic (exact) mass is 364 g/mol. The molecule has 6 heteroatoms. The van der Waals surface area contributed by atoms with Crippen molar-refractivity contribution in [3.63, 3.8) is 0 Å². The standard InChI is InChI=1S/C20H28O6/c1-11-6-7-13-18(17(11)21)26-16(10-20(13,2)22)12-8-14(23-3)19(25-5)15(9-12)24-4/h6,8-9,13,16-18,21-22H,7,10H2,1-5H3/t13-,16+,17-,18-,20?/m1/s1. The van der Waals surface area contributed by atoms with Gasteiger partial charge in [0.05, 0.1) is 39.1 Å². The molecule has 26 heavy (non-hydrogen) atoms. The highest BCUT2D eigenvalue weighted by atomic mass is 16.5. The van der Waals surface area contributed by atoms with Crippen LogP contribution in [0.4, 0.5) is 0 Å². The Bertz CT molecular complexity index is 671. The van der Waals surface area contributed by atoms with Crippen molar-refractivity contribution < 1.29 is 29.2 Å². The molecule has 0 saturated carbocycles. The molecule has 1 aromatic rings. The van der Waals surface area contributed by atoms with E-state index in [2.05, 4.69) is 0 Å². The summed E-state index contributed by atoms with van der Waals surface area (Å²) in [6, 6.07) is 3.67. The second kappa shape index (κ2) is 7.10. The first-order valence-electron chi connectivity index (χ1n) is 8.84. The van der Waals surface area contributed by atoms with Gasteiger partial charge in [0.1, 0.15) is 6.10 Å². The van der Waals surface area contributed by atoms with Crippen LogP contribution in [0.5, 0.6) is 17.2 Å². The summed E-state index contributed by atoms with van der Waals surface area (Å²) < 4.78 is 22.5. The lowest BCUT2D eigenvalue weighted by Gasteiger charge is -2.49. The molecule has 1 aliphatic carbocycles. The van der Waals surface area contributed by atoms with Crippen LogP contribution >= 0.6 is 0 Å². The van der Waals surface area contributed by atoms with E-state index < -0.39 is 17.8 Å². The Morgan fingerprint density at radius 1 is 1.12 bits per heavy atom. The normalized spacial score (nSPS) is 33.9. The zero-order valence-electron chi connectivity index (χ0n) is 16.0. The SMILES string of the molecule is COc1cc([C@@H]2CC(C)(O)[C@@H]3CC=C(C)[C@@H](O)[C@@H]3O2)cc(OC)c1OC. The molecule has 1 fully saturated rings. The van der Waals surface area contributed by atoms with E-state index in [1.807, 2.05) is 32.1 Å². The van der Waals surface area contributed by atoms with Crippen LogP contribution < -0.4 is 14.2 Å². The van der Waals surface area contributed by atoms with E-state index in [0.29, 0.717) is 30.1 Å². The van der Waals surface area contributed by atoms with Crippen molar-refractivity contribution in [2.24, 2.45) is 5.92 Å². The second-order valence-corrected chi connectivity index (χ2v) is 7.34. The minimum Gasteiger partial charge on any atom is -0.493 e. The van der Waals surface area contributed by atoms with Crippen LogP contribution in [0.15, 0.2) is 23.8 Å². The van der Waals surface area contributed by atoms with Crippen molar-refractivity contribution in [2.75, 3.05) is 21.3 Å². The Hall–Kier alpha value is -1.76. The van der Waals surface area contributed by atoms with Crippen molar-refractivity contribution in [2.45, 2.75) is 50.6 Å². The fraction of sp³-hybridized carbons (Fsp3) is 0.600. The smallest absolute Gasteiger partial charge is 0.203 e. The molecule has 1 aromatic carbocycles. The summed E-state index contributed by atoms with van der Waals surface area (Å²) >= 11 is 0. The Balaban J connectivity index is 1.99. The van der Waals surface area contributed by atoms with E-state index in [1.165, 1.54) is 0 Å². The maximum absolute atomic E-state index is 11.1. The molecule has 144 valence electrons. The predicted molar refractivity (Wildman–Crippen MR) is 96.8 cm³/mol. The van der Waals surface area contributed by atoms with Gasteiger partial charge in [-0.1, -0.05) is 6.08 Å². The van der Waals surface area contributed by atoms with Gasteiger partial charge in [-0.3, -0.25) is 0 Å². The maximum Gasteiger partial charge on any atom is 0.203 e. The number of ether oxygens (including phenoxy) is 4. The number of hydrogen-bond acceptors (Lipinski definition) is 6. The molecule has 5 atom stereocenters. The molecule has 3 rings (SSSR count). The number of hydrogen-bond donors (Lipinski definition) is 2. The summed E-state index contributed by atoms with van der Waals surface area (Å²) in [5.41, 5.74) is 0.747. The molecule has 2 N–H and O–H groups in total. The fourth-order valence-electron chi connectivity index (χ4n) is 4.07. The van der Waals surface area contributed by atoms with Gasteiger partial charge in [0.15, 0.2) is 11.5 Å². The van der Waals surface area contributed by atoms with E-state index in [-0.39, 0.29) is 12.0 Å². The van der Waals surface area contributed by atoms with E-state index >= 15 is 0 Å². The van der Waals surface area contributed by atoms with E-state index in [9.17, 15) is 10.2 Å². The fourth-order valence-corrected chi connectivity index (χ4v) is 4.07. The van der Waals surface area contributed by atoms with Crippen LogP contribution in [-0.2, 0) is 4.74 Å². The molecule has 2 aliphatic rings. The summed E-state index contributed by atoms with van der Waals surface area (Å²) in [5.74, 6) is 1.44. The minimum atomic E-state index is -0.952. The van der Waals surface area contributed by atoms with Crippen LogP contribution in [0.25, 0.3) is 0 Å². The number of methoxy groups -OCH3 is 3. The van der Waals surface area contributed by atoms with Crippen LogP contribution in [0.3, 0.4) is 0 Å². The van der Waals surface area contributed by atoms with E-state index in [1.54, 1.807) is 21.3 Å². The summed E-state index contributed by atoms with van der Waals surface area (Å²) in [5, 5.41) is 21.6. The molecule has 0 spiro atoms. The number of aliphatic hydroxyl groups is 2. The van der Waals surface area contributed by atoms with Gasteiger partial charge in [0.25, 0.3) is 0 Å². The second-order valence-electron chi connectivity index (χ2n) is 7.34. The third kappa shape index (κ3) is 3.17. The Morgan fingerprint density at radius 3 is 2.27 bits per heavy atom. The zero-order chi connectivity index (χ0) is 19.1. The van der Waals surface area contributed by atoms with Crippen LogP contribution in [-0.4, -0.2) is 49.4 Å². The van der Waals surface area contributed by atoms with Crippen LogP contribution in [0, 0.1) is 5.92 Å². The van der Waals surface area contributed by atoms with Crippen LogP contribution in [0.2, 0.25) is 0 Å². The van der Waals surface area contributed by atoms with Gasteiger partial charge >= 0.3 is 0 Å². The average Bonchev–Trinajstić information content (AvgIpc) is 2.62. The third-order valence-corrected chi connectivity index (χ3v) is 5.65. The highest BCUT2D eigenvalue weighted by Crippen LogP contribution is 2.48. The number of aliphatic hydroxyl groups excluding tert-OH is 1. The minimum absolute atomic E-state index is 0.139. The number of rotatable bonds is 4. The van der Waals surface area contributed by atoms with Crippen molar-refractivity contribution in [3.05, 3.63) is 29.3 Å². The molecular weight excluding hydrogens is 336 g/mol. The molecule has 0 amide bonds. The molecule has 6 nitrogen and oxygen atoms in total. The Morgan fingerprint density at radius 2 is 1.73 bits per heavy atom. The van der Waals surface area contributed by atoms with Gasteiger partial charge in [-0.15, -0.1) is 0 Å². The lowest BCUT2D eigenvalue weighted by Crippen LogP contribution is -2.55. The molecule has 1 unspecified atom stereocenters. The Kier molecular flexibility index (Phi) is 5.19. The third-order valence-electron chi connectivity index (χ3n) is 5.65.